The first kappa shape index (κ1) is 18.5. The molecule has 3 nitrogen and oxygen atoms in total. The van der Waals surface area contributed by atoms with Crippen LogP contribution in [0.15, 0.2) is 109 Å². The Bertz CT molecular complexity index is 1100. The first-order chi connectivity index (χ1) is 14.3. The summed E-state index contributed by atoms with van der Waals surface area (Å²) in [5, 5.41) is 3.43. The summed E-state index contributed by atoms with van der Waals surface area (Å²) >= 11 is 0. The molecule has 0 aliphatic carbocycles. The zero-order chi connectivity index (χ0) is 19.9. The number of carbonyl (C=O) groups is 1. The molecule has 0 saturated carbocycles. The van der Waals surface area contributed by atoms with E-state index in [4.69, 9.17) is 0 Å². The highest BCUT2D eigenvalue weighted by atomic mass is 16.1. The molecule has 0 fully saturated rings. The van der Waals surface area contributed by atoms with Crippen LogP contribution in [0, 0.1) is 0 Å². The summed E-state index contributed by atoms with van der Waals surface area (Å²) in [4.78, 5) is 16.2. The Morgan fingerprint density at radius 1 is 0.759 bits per heavy atom. The zero-order valence-electron chi connectivity index (χ0n) is 16.0. The highest BCUT2D eigenvalue weighted by Crippen LogP contribution is 2.21. The van der Waals surface area contributed by atoms with Crippen LogP contribution in [0.5, 0.6) is 0 Å². The quantitative estimate of drug-likeness (QED) is 0.320. The molecule has 0 spiro atoms. The van der Waals surface area contributed by atoms with Gasteiger partial charge in [0.15, 0.2) is 5.78 Å². The maximum absolute atomic E-state index is 12.8. The van der Waals surface area contributed by atoms with Gasteiger partial charge in [-0.1, -0.05) is 91.0 Å². The van der Waals surface area contributed by atoms with Crippen LogP contribution in [0.4, 0.5) is 0 Å². The molecule has 1 aromatic heterocycles. The van der Waals surface area contributed by atoms with Gasteiger partial charge >= 0.3 is 0 Å². The minimum absolute atomic E-state index is 0.0305. The van der Waals surface area contributed by atoms with Crippen LogP contribution in [0.25, 0.3) is 17.0 Å². The first-order valence-electron chi connectivity index (χ1n) is 9.63. The normalized spacial score (nSPS) is 11.2. The fraction of sp³-hybridized carbons (Fsp3) is 0.0385. The summed E-state index contributed by atoms with van der Waals surface area (Å²) in [6.07, 6.45) is 1.67. The van der Waals surface area contributed by atoms with Gasteiger partial charge in [0, 0.05) is 23.9 Å². The van der Waals surface area contributed by atoms with Gasteiger partial charge in [0.2, 0.25) is 0 Å². The lowest BCUT2D eigenvalue weighted by atomic mass is 10.1. The average Bonchev–Trinajstić information content (AvgIpc) is 3.28. The lowest BCUT2D eigenvalue weighted by molar-refractivity contribution is 0.104. The molecular weight excluding hydrogens is 356 g/mol. The minimum Gasteiger partial charge on any atom is -0.379 e. The van der Waals surface area contributed by atoms with Gasteiger partial charge in [-0.3, -0.25) is 4.79 Å². The van der Waals surface area contributed by atoms with E-state index >= 15 is 0 Å². The van der Waals surface area contributed by atoms with Crippen molar-refractivity contribution in [1.29, 1.82) is 0 Å². The number of H-pyrrole nitrogens is 1. The summed E-state index contributed by atoms with van der Waals surface area (Å²) in [6.45, 7) is 0.633. The molecule has 0 atom stereocenters. The Kier molecular flexibility index (Phi) is 5.68. The third-order valence-electron chi connectivity index (χ3n) is 4.72. The number of allylic oxidation sites excluding steroid dienone is 1. The molecule has 0 aliphatic rings. The largest absolute Gasteiger partial charge is 0.379 e. The Morgan fingerprint density at radius 2 is 1.38 bits per heavy atom. The highest BCUT2D eigenvalue weighted by Gasteiger charge is 2.10. The SMILES string of the molecule is O=C(/C=C(\NCc1ccccc1)c1ccc(-c2ccccc2)[nH]1)c1ccccc1. The Morgan fingerprint density at radius 3 is 2.07 bits per heavy atom. The third-order valence-corrected chi connectivity index (χ3v) is 4.72. The zero-order valence-corrected chi connectivity index (χ0v) is 16.0. The second kappa shape index (κ2) is 8.89. The van der Waals surface area contributed by atoms with Gasteiger partial charge in [-0.2, -0.15) is 0 Å². The first-order valence-corrected chi connectivity index (χ1v) is 9.63. The summed E-state index contributed by atoms with van der Waals surface area (Å²) in [6, 6.07) is 33.7. The molecule has 0 aliphatic heterocycles. The number of hydrogen-bond donors (Lipinski definition) is 2. The van der Waals surface area contributed by atoms with Gasteiger partial charge in [0.25, 0.3) is 0 Å². The molecule has 142 valence electrons. The molecule has 0 saturated heterocycles. The molecule has 4 aromatic rings. The van der Waals surface area contributed by atoms with Crippen molar-refractivity contribution in [2.24, 2.45) is 0 Å². The van der Waals surface area contributed by atoms with Gasteiger partial charge in [-0.15, -0.1) is 0 Å². The molecule has 4 rings (SSSR count). The molecule has 0 radical (unpaired) electrons. The number of aromatic nitrogens is 1. The van der Waals surface area contributed by atoms with Crippen LogP contribution >= 0.6 is 0 Å². The number of benzene rings is 3. The second-order valence-corrected chi connectivity index (χ2v) is 6.78. The summed E-state index contributed by atoms with van der Waals surface area (Å²) in [5.74, 6) is -0.0305. The van der Waals surface area contributed by atoms with Crippen molar-refractivity contribution < 1.29 is 4.79 Å². The number of aromatic amines is 1. The van der Waals surface area contributed by atoms with Crippen molar-refractivity contribution in [2.75, 3.05) is 0 Å². The minimum atomic E-state index is -0.0305. The van der Waals surface area contributed by atoms with Crippen molar-refractivity contribution in [3.8, 4) is 11.3 Å². The van der Waals surface area contributed by atoms with Crippen LogP contribution in [0.3, 0.4) is 0 Å². The van der Waals surface area contributed by atoms with E-state index in [1.165, 1.54) is 0 Å². The number of rotatable bonds is 7. The number of hydrogen-bond acceptors (Lipinski definition) is 2. The van der Waals surface area contributed by atoms with E-state index in [2.05, 4.69) is 34.6 Å². The van der Waals surface area contributed by atoms with Crippen molar-refractivity contribution in [3.05, 3.63) is 126 Å². The van der Waals surface area contributed by atoms with Gasteiger partial charge in [0.05, 0.1) is 11.4 Å². The smallest absolute Gasteiger partial charge is 0.187 e. The van der Waals surface area contributed by atoms with Gasteiger partial charge in [0.1, 0.15) is 0 Å². The monoisotopic (exact) mass is 378 g/mol. The van der Waals surface area contributed by atoms with E-state index in [0.717, 1.165) is 28.2 Å². The van der Waals surface area contributed by atoms with Crippen LogP contribution in [0.1, 0.15) is 21.6 Å². The summed E-state index contributed by atoms with van der Waals surface area (Å²) < 4.78 is 0. The lowest BCUT2D eigenvalue weighted by Crippen LogP contribution is -2.14. The second-order valence-electron chi connectivity index (χ2n) is 6.78. The molecule has 3 heteroatoms. The molecule has 29 heavy (non-hydrogen) atoms. The molecule has 2 N–H and O–H groups in total. The van der Waals surface area contributed by atoms with Crippen molar-refractivity contribution in [3.63, 3.8) is 0 Å². The van der Waals surface area contributed by atoms with E-state index in [1.54, 1.807) is 6.08 Å². The standard InChI is InChI=1S/C26H22N2O/c29-26(22-14-8-3-9-15-22)18-25(27-19-20-10-4-1-5-11-20)24-17-16-23(28-24)21-12-6-2-7-13-21/h1-18,27-28H,19H2/b25-18-. The molecular formula is C26H22N2O. The van der Waals surface area contributed by atoms with Crippen molar-refractivity contribution >= 4 is 11.5 Å². The van der Waals surface area contributed by atoms with Gasteiger partial charge in [-0.05, 0) is 23.3 Å². The fourth-order valence-electron chi connectivity index (χ4n) is 3.17. The molecule has 0 bridgehead atoms. The van der Waals surface area contributed by atoms with Crippen LogP contribution in [-0.2, 0) is 6.54 Å². The molecule has 3 aromatic carbocycles. The Hall–Kier alpha value is -3.85. The Balaban J connectivity index is 1.63. The van der Waals surface area contributed by atoms with E-state index in [-0.39, 0.29) is 5.78 Å². The molecule has 0 unspecified atom stereocenters. The summed E-state index contributed by atoms with van der Waals surface area (Å²) in [7, 11) is 0. The highest BCUT2D eigenvalue weighted by molar-refractivity contribution is 6.08. The van der Waals surface area contributed by atoms with E-state index in [0.29, 0.717) is 12.1 Å². The maximum atomic E-state index is 12.8. The van der Waals surface area contributed by atoms with Crippen LogP contribution in [-0.4, -0.2) is 10.8 Å². The van der Waals surface area contributed by atoms with Crippen molar-refractivity contribution in [2.45, 2.75) is 6.54 Å². The van der Waals surface area contributed by atoms with Gasteiger partial charge in [-0.25, -0.2) is 0 Å². The number of carbonyl (C=O) groups excluding carboxylic acids is 1. The average molecular weight is 378 g/mol. The third kappa shape index (κ3) is 4.71. The van der Waals surface area contributed by atoms with E-state index in [1.807, 2.05) is 78.9 Å². The number of nitrogens with one attached hydrogen (secondary N) is 2. The van der Waals surface area contributed by atoms with Crippen molar-refractivity contribution in [1.82, 2.24) is 10.3 Å². The maximum Gasteiger partial charge on any atom is 0.187 e. The van der Waals surface area contributed by atoms with E-state index < -0.39 is 0 Å². The predicted octanol–water partition coefficient (Wildman–Crippen LogP) is 5.70. The summed E-state index contributed by atoms with van der Waals surface area (Å²) in [5.41, 5.74) is 5.59. The van der Waals surface area contributed by atoms with Crippen LogP contribution in [0.2, 0.25) is 0 Å². The molecule has 0 amide bonds. The lowest BCUT2D eigenvalue weighted by Gasteiger charge is -2.10. The number of ketones is 1. The predicted molar refractivity (Wildman–Crippen MR) is 118 cm³/mol. The van der Waals surface area contributed by atoms with E-state index in [9.17, 15) is 4.79 Å². The van der Waals surface area contributed by atoms with Gasteiger partial charge < -0.3 is 10.3 Å². The fourth-order valence-corrected chi connectivity index (χ4v) is 3.17. The van der Waals surface area contributed by atoms with Crippen LogP contribution < -0.4 is 5.32 Å². The topological polar surface area (TPSA) is 44.9 Å². The Labute approximate surface area is 170 Å². The molecule has 1 heterocycles.